The van der Waals surface area contributed by atoms with Crippen molar-refractivity contribution >= 4 is 5.91 Å². The first kappa shape index (κ1) is 14.5. The molecule has 0 heterocycles. The van der Waals surface area contributed by atoms with Gasteiger partial charge in [-0.1, -0.05) is 32.1 Å². The van der Waals surface area contributed by atoms with Gasteiger partial charge in [0, 0.05) is 19.0 Å². The third kappa shape index (κ3) is 5.07. The molecule has 1 fully saturated rings. The number of hydrogen-bond donors (Lipinski definition) is 1. The van der Waals surface area contributed by atoms with Crippen molar-refractivity contribution in [3.63, 3.8) is 0 Å². The van der Waals surface area contributed by atoms with Gasteiger partial charge in [-0.2, -0.15) is 0 Å². The maximum atomic E-state index is 12.0. The molecule has 0 aromatic heterocycles. The first-order valence-electron chi connectivity index (χ1n) is 7.05. The van der Waals surface area contributed by atoms with Gasteiger partial charge in [0.2, 0.25) is 5.91 Å². The van der Waals surface area contributed by atoms with Crippen molar-refractivity contribution in [1.82, 2.24) is 4.90 Å². The van der Waals surface area contributed by atoms with Gasteiger partial charge in [-0.25, -0.2) is 0 Å². The van der Waals surface area contributed by atoms with Crippen LogP contribution in [0.3, 0.4) is 0 Å². The van der Waals surface area contributed by atoms with Crippen LogP contribution in [0.4, 0.5) is 0 Å². The van der Waals surface area contributed by atoms with Gasteiger partial charge >= 0.3 is 0 Å². The molecule has 0 atom stereocenters. The molecule has 0 aromatic carbocycles. The van der Waals surface area contributed by atoms with E-state index in [0.29, 0.717) is 13.0 Å². The summed E-state index contributed by atoms with van der Waals surface area (Å²) in [7, 11) is 0. The highest BCUT2D eigenvalue weighted by Gasteiger charge is 2.19. The first-order valence-corrected chi connectivity index (χ1v) is 7.05. The lowest BCUT2D eigenvalue weighted by Gasteiger charge is -2.27. The van der Waals surface area contributed by atoms with Crippen LogP contribution in [0.2, 0.25) is 0 Å². The molecule has 0 unspecified atom stereocenters. The molecule has 0 saturated heterocycles. The maximum absolute atomic E-state index is 12.0. The molecule has 1 aliphatic rings. The van der Waals surface area contributed by atoms with Gasteiger partial charge in [0.25, 0.3) is 0 Å². The number of amides is 1. The molecule has 0 bridgehead atoms. The standard InChI is InChI=1S/C14H27NO2/c1-12(2)15(10-11-16)14(17)9-8-13-6-4-3-5-7-13/h12-13,16H,3-11H2,1-2H3. The van der Waals surface area contributed by atoms with Crippen molar-refractivity contribution in [3.8, 4) is 0 Å². The number of hydrogen-bond acceptors (Lipinski definition) is 2. The average molecular weight is 241 g/mol. The largest absolute Gasteiger partial charge is 0.395 e. The summed E-state index contributed by atoms with van der Waals surface area (Å²) in [6.07, 6.45) is 8.33. The Morgan fingerprint density at radius 3 is 2.47 bits per heavy atom. The van der Waals surface area contributed by atoms with E-state index in [1.165, 1.54) is 32.1 Å². The Balaban J connectivity index is 2.30. The Morgan fingerprint density at radius 2 is 1.94 bits per heavy atom. The zero-order valence-corrected chi connectivity index (χ0v) is 11.3. The lowest BCUT2D eigenvalue weighted by Crippen LogP contribution is -2.39. The highest BCUT2D eigenvalue weighted by molar-refractivity contribution is 5.76. The zero-order valence-electron chi connectivity index (χ0n) is 11.3. The second kappa shape index (κ2) is 7.70. The summed E-state index contributed by atoms with van der Waals surface area (Å²) in [6, 6.07) is 0.195. The van der Waals surface area contributed by atoms with Crippen LogP contribution < -0.4 is 0 Å². The van der Waals surface area contributed by atoms with E-state index in [9.17, 15) is 4.79 Å². The average Bonchev–Trinajstić information content (AvgIpc) is 2.34. The predicted octanol–water partition coefficient (Wildman–Crippen LogP) is 2.58. The second-order valence-electron chi connectivity index (χ2n) is 5.45. The summed E-state index contributed by atoms with van der Waals surface area (Å²) in [5, 5.41) is 8.96. The van der Waals surface area contributed by atoms with E-state index in [1.54, 1.807) is 4.90 Å². The Bertz CT molecular complexity index is 222. The topological polar surface area (TPSA) is 40.5 Å². The summed E-state index contributed by atoms with van der Waals surface area (Å²) in [5.41, 5.74) is 0. The van der Waals surface area contributed by atoms with Crippen LogP contribution in [0.1, 0.15) is 58.8 Å². The van der Waals surface area contributed by atoms with Crippen molar-refractivity contribution in [2.45, 2.75) is 64.8 Å². The number of rotatable bonds is 6. The van der Waals surface area contributed by atoms with E-state index in [0.717, 1.165) is 12.3 Å². The van der Waals surface area contributed by atoms with Crippen molar-refractivity contribution in [3.05, 3.63) is 0 Å². The molecule has 1 amide bonds. The molecule has 3 nitrogen and oxygen atoms in total. The van der Waals surface area contributed by atoms with E-state index in [1.807, 2.05) is 13.8 Å². The minimum Gasteiger partial charge on any atom is -0.395 e. The summed E-state index contributed by atoms with van der Waals surface area (Å²) < 4.78 is 0. The highest BCUT2D eigenvalue weighted by atomic mass is 16.3. The Hall–Kier alpha value is -0.570. The van der Waals surface area contributed by atoms with Gasteiger partial charge in [-0.05, 0) is 26.2 Å². The fraction of sp³-hybridized carbons (Fsp3) is 0.929. The molecule has 1 aliphatic carbocycles. The third-order valence-electron chi connectivity index (χ3n) is 3.78. The van der Waals surface area contributed by atoms with Crippen LogP contribution in [-0.2, 0) is 4.79 Å². The minimum atomic E-state index is 0.0628. The number of carbonyl (C=O) groups is 1. The van der Waals surface area contributed by atoms with Crippen LogP contribution >= 0.6 is 0 Å². The van der Waals surface area contributed by atoms with Gasteiger partial charge in [0.05, 0.1) is 6.61 Å². The Kier molecular flexibility index (Phi) is 6.56. The Morgan fingerprint density at radius 1 is 1.29 bits per heavy atom. The van der Waals surface area contributed by atoms with E-state index >= 15 is 0 Å². The van der Waals surface area contributed by atoms with E-state index < -0.39 is 0 Å². The van der Waals surface area contributed by atoms with Gasteiger partial charge in [-0.3, -0.25) is 4.79 Å². The number of aliphatic hydroxyl groups excluding tert-OH is 1. The Labute approximate surface area is 105 Å². The van der Waals surface area contributed by atoms with Crippen LogP contribution in [-0.4, -0.2) is 35.1 Å². The molecule has 1 rings (SSSR count). The van der Waals surface area contributed by atoms with Crippen LogP contribution in [0.5, 0.6) is 0 Å². The molecule has 0 spiro atoms. The lowest BCUT2D eigenvalue weighted by molar-refractivity contribution is -0.133. The third-order valence-corrected chi connectivity index (χ3v) is 3.78. The summed E-state index contributed by atoms with van der Waals surface area (Å²) >= 11 is 0. The smallest absolute Gasteiger partial charge is 0.222 e. The molecular formula is C14H27NO2. The molecule has 0 aliphatic heterocycles. The molecule has 100 valence electrons. The fourth-order valence-electron chi connectivity index (χ4n) is 2.73. The van der Waals surface area contributed by atoms with Crippen molar-refractivity contribution in [2.75, 3.05) is 13.2 Å². The summed E-state index contributed by atoms with van der Waals surface area (Å²) in [6.45, 7) is 4.55. The molecule has 0 aromatic rings. The van der Waals surface area contributed by atoms with E-state index in [-0.39, 0.29) is 18.6 Å². The SMILES string of the molecule is CC(C)N(CCO)C(=O)CCC1CCCCC1. The zero-order chi connectivity index (χ0) is 12.7. The van der Waals surface area contributed by atoms with Crippen molar-refractivity contribution < 1.29 is 9.90 Å². The molecule has 1 N–H and O–H groups in total. The molecule has 3 heteroatoms. The second-order valence-corrected chi connectivity index (χ2v) is 5.45. The number of nitrogens with zero attached hydrogens (tertiary/aromatic N) is 1. The van der Waals surface area contributed by atoms with E-state index in [2.05, 4.69) is 0 Å². The molecule has 0 radical (unpaired) electrons. The van der Waals surface area contributed by atoms with Crippen LogP contribution in [0.15, 0.2) is 0 Å². The lowest BCUT2D eigenvalue weighted by atomic mass is 9.86. The van der Waals surface area contributed by atoms with Gasteiger partial charge in [0.1, 0.15) is 0 Å². The quantitative estimate of drug-likeness (QED) is 0.776. The molecule has 17 heavy (non-hydrogen) atoms. The number of carbonyl (C=O) groups excluding carboxylic acids is 1. The van der Waals surface area contributed by atoms with Crippen molar-refractivity contribution in [1.29, 1.82) is 0 Å². The van der Waals surface area contributed by atoms with Crippen LogP contribution in [0.25, 0.3) is 0 Å². The first-order chi connectivity index (χ1) is 8.15. The van der Waals surface area contributed by atoms with Gasteiger partial charge in [0.15, 0.2) is 0 Å². The number of aliphatic hydroxyl groups is 1. The van der Waals surface area contributed by atoms with E-state index in [4.69, 9.17) is 5.11 Å². The monoisotopic (exact) mass is 241 g/mol. The maximum Gasteiger partial charge on any atom is 0.222 e. The fourth-order valence-corrected chi connectivity index (χ4v) is 2.73. The van der Waals surface area contributed by atoms with Gasteiger partial charge < -0.3 is 10.0 Å². The van der Waals surface area contributed by atoms with Crippen molar-refractivity contribution in [2.24, 2.45) is 5.92 Å². The molecule has 1 saturated carbocycles. The predicted molar refractivity (Wildman–Crippen MR) is 69.7 cm³/mol. The molecular weight excluding hydrogens is 214 g/mol. The minimum absolute atomic E-state index is 0.0628. The normalized spacial score (nSPS) is 17.4. The summed E-state index contributed by atoms with van der Waals surface area (Å²) in [5.74, 6) is 0.968. The summed E-state index contributed by atoms with van der Waals surface area (Å²) in [4.78, 5) is 13.8. The van der Waals surface area contributed by atoms with Crippen LogP contribution in [0, 0.1) is 5.92 Å². The highest BCUT2D eigenvalue weighted by Crippen LogP contribution is 2.27. The van der Waals surface area contributed by atoms with Gasteiger partial charge in [-0.15, -0.1) is 0 Å².